The van der Waals surface area contributed by atoms with Gasteiger partial charge in [-0.1, -0.05) is 13.8 Å². The van der Waals surface area contributed by atoms with Crippen LogP contribution in [0.4, 0.5) is 0 Å². The Morgan fingerprint density at radius 1 is 1.55 bits per heavy atom. The van der Waals surface area contributed by atoms with Crippen LogP contribution in [0.15, 0.2) is 28.9 Å². The van der Waals surface area contributed by atoms with Gasteiger partial charge < -0.3 is 15.5 Å². The molecule has 0 fully saturated rings. The van der Waals surface area contributed by atoms with Gasteiger partial charge in [0.05, 0.1) is 6.26 Å². The van der Waals surface area contributed by atoms with E-state index in [1.54, 1.807) is 24.5 Å². The van der Waals surface area contributed by atoms with Gasteiger partial charge in [0.25, 0.3) is 5.91 Å². The zero-order valence-corrected chi connectivity index (χ0v) is 11.7. The molecule has 108 valence electrons. The van der Waals surface area contributed by atoms with E-state index in [4.69, 9.17) is 10.2 Å². The number of nitrogens with one attached hydrogen (secondary N) is 2. The first-order valence-electron chi connectivity index (χ1n) is 6.70. The quantitative estimate of drug-likeness (QED) is 0.749. The largest absolute Gasteiger partial charge is 0.463 e. The molecule has 0 spiro atoms. The highest BCUT2D eigenvalue weighted by Crippen LogP contribution is 2.17. The predicted molar refractivity (Wildman–Crippen MR) is 76.1 cm³/mol. The van der Waals surface area contributed by atoms with Crippen LogP contribution in [0.3, 0.4) is 0 Å². The minimum Gasteiger partial charge on any atom is -0.463 e. The molecule has 6 heteroatoms. The molecular formula is C14H20N4O2. The fourth-order valence-corrected chi connectivity index (χ4v) is 2.04. The van der Waals surface area contributed by atoms with E-state index in [9.17, 15) is 4.79 Å². The normalized spacial score (nSPS) is 12.6. The Kier molecular flexibility index (Phi) is 4.57. The first-order chi connectivity index (χ1) is 9.60. The average molecular weight is 276 g/mol. The molecule has 1 unspecified atom stereocenters. The lowest BCUT2D eigenvalue weighted by atomic mass is 10.0. The number of furan rings is 1. The molecule has 0 saturated carbocycles. The van der Waals surface area contributed by atoms with Crippen molar-refractivity contribution >= 4 is 5.91 Å². The lowest BCUT2D eigenvalue weighted by Crippen LogP contribution is -2.41. The van der Waals surface area contributed by atoms with Gasteiger partial charge in [0, 0.05) is 18.7 Å². The second kappa shape index (κ2) is 6.38. The third-order valence-corrected chi connectivity index (χ3v) is 2.97. The smallest absolute Gasteiger partial charge is 0.272 e. The molecule has 0 aliphatic carbocycles. The molecule has 2 rings (SSSR count). The summed E-state index contributed by atoms with van der Waals surface area (Å²) in [4.78, 5) is 12.1. The Balaban J connectivity index is 2.02. The number of H-pyrrole nitrogens is 1. The number of carbonyl (C=O) groups is 1. The van der Waals surface area contributed by atoms with E-state index in [-0.39, 0.29) is 11.9 Å². The Morgan fingerprint density at radius 2 is 2.35 bits per heavy atom. The second-order valence-electron chi connectivity index (χ2n) is 5.18. The molecule has 1 amide bonds. The molecule has 2 aromatic heterocycles. The fraction of sp³-hybridized carbons (Fsp3) is 0.429. The van der Waals surface area contributed by atoms with Gasteiger partial charge >= 0.3 is 0 Å². The monoisotopic (exact) mass is 276 g/mol. The zero-order chi connectivity index (χ0) is 14.5. The predicted octanol–water partition coefficient (Wildman–Crippen LogP) is 1.77. The Hall–Kier alpha value is -2.08. The van der Waals surface area contributed by atoms with Crippen LogP contribution >= 0.6 is 0 Å². The number of hydrogen-bond acceptors (Lipinski definition) is 4. The van der Waals surface area contributed by atoms with Crippen molar-refractivity contribution < 1.29 is 9.21 Å². The van der Waals surface area contributed by atoms with E-state index in [0.29, 0.717) is 29.6 Å². The van der Waals surface area contributed by atoms with Gasteiger partial charge in [0.1, 0.15) is 5.69 Å². The summed E-state index contributed by atoms with van der Waals surface area (Å²) < 4.78 is 5.24. The van der Waals surface area contributed by atoms with Crippen LogP contribution in [0.5, 0.6) is 0 Å². The first-order valence-corrected chi connectivity index (χ1v) is 6.70. The molecule has 0 radical (unpaired) electrons. The maximum atomic E-state index is 12.1. The number of hydrogen-bond donors (Lipinski definition) is 3. The van der Waals surface area contributed by atoms with E-state index < -0.39 is 0 Å². The van der Waals surface area contributed by atoms with Crippen molar-refractivity contribution in [2.75, 3.05) is 6.54 Å². The molecule has 0 aromatic carbocycles. The summed E-state index contributed by atoms with van der Waals surface area (Å²) in [7, 11) is 0. The fourth-order valence-electron chi connectivity index (χ4n) is 2.04. The van der Waals surface area contributed by atoms with E-state index in [0.717, 1.165) is 6.42 Å². The van der Waals surface area contributed by atoms with Crippen LogP contribution in [0.2, 0.25) is 0 Å². The van der Waals surface area contributed by atoms with Crippen LogP contribution in [0.25, 0.3) is 11.5 Å². The number of amides is 1. The van der Waals surface area contributed by atoms with Gasteiger partial charge in [-0.05, 0) is 24.5 Å². The second-order valence-corrected chi connectivity index (χ2v) is 5.18. The SMILES string of the molecule is CC(C)CC(CN)NC(=O)c1cc(-c2ccco2)[nH]n1. The summed E-state index contributed by atoms with van der Waals surface area (Å²) in [5.41, 5.74) is 6.68. The first kappa shape index (κ1) is 14.3. The maximum Gasteiger partial charge on any atom is 0.272 e. The molecular weight excluding hydrogens is 256 g/mol. The lowest BCUT2D eigenvalue weighted by molar-refractivity contribution is 0.0928. The van der Waals surface area contributed by atoms with Crippen LogP contribution in [-0.4, -0.2) is 28.7 Å². The molecule has 20 heavy (non-hydrogen) atoms. The third-order valence-electron chi connectivity index (χ3n) is 2.97. The molecule has 6 nitrogen and oxygen atoms in total. The summed E-state index contributed by atoms with van der Waals surface area (Å²) in [6.07, 6.45) is 2.42. The van der Waals surface area contributed by atoms with Crippen molar-refractivity contribution in [3.63, 3.8) is 0 Å². The minimum atomic E-state index is -0.227. The molecule has 0 saturated heterocycles. The number of rotatable bonds is 6. The molecule has 0 aliphatic rings. The zero-order valence-electron chi connectivity index (χ0n) is 11.7. The van der Waals surface area contributed by atoms with Gasteiger partial charge in [-0.15, -0.1) is 0 Å². The summed E-state index contributed by atoms with van der Waals surface area (Å²) in [5, 5.41) is 9.68. The van der Waals surface area contributed by atoms with Crippen molar-refractivity contribution in [3.05, 3.63) is 30.2 Å². The van der Waals surface area contributed by atoms with Crippen LogP contribution in [-0.2, 0) is 0 Å². The third kappa shape index (κ3) is 3.48. The van der Waals surface area contributed by atoms with E-state index >= 15 is 0 Å². The summed E-state index contributed by atoms with van der Waals surface area (Å²) in [6.45, 7) is 4.61. The van der Waals surface area contributed by atoms with Gasteiger partial charge in [-0.2, -0.15) is 5.10 Å². The van der Waals surface area contributed by atoms with Crippen molar-refractivity contribution in [2.24, 2.45) is 11.7 Å². The number of carbonyl (C=O) groups excluding carboxylic acids is 1. The number of aromatic nitrogens is 2. The van der Waals surface area contributed by atoms with E-state index in [2.05, 4.69) is 29.4 Å². The summed E-state index contributed by atoms with van der Waals surface area (Å²) >= 11 is 0. The number of nitrogens with zero attached hydrogens (tertiary/aromatic N) is 1. The summed E-state index contributed by atoms with van der Waals surface area (Å²) in [5.74, 6) is 0.894. The van der Waals surface area contributed by atoms with Crippen LogP contribution in [0, 0.1) is 5.92 Å². The highest BCUT2D eigenvalue weighted by molar-refractivity contribution is 5.93. The molecule has 0 aliphatic heterocycles. The van der Waals surface area contributed by atoms with Crippen molar-refractivity contribution in [2.45, 2.75) is 26.3 Å². The maximum absolute atomic E-state index is 12.1. The lowest BCUT2D eigenvalue weighted by Gasteiger charge is -2.17. The Bertz CT molecular complexity index is 545. The minimum absolute atomic E-state index is 0.0359. The van der Waals surface area contributed by atoms with Crippen LogP contribution < -0.4 is 11.1 Å². The highest BCUT2D eigenvalue weighted by Gasteiger charge is 2.17. The van der Waals surface area contributed by atoms with Crippen molar-refractivity contribution in [1.82, 2.24) is 15.5 Å². The van der Waals surface area contributed by atoms with E-state index in [1.807, 2.05) is 0 Å². The van der Waals surface area contributed by atoms with E-state index in [1.165, 1.54) is 0 Å². The van der Waals surface area contributed by atoms with Crippen molar-refractivity contribution in [1.29, 1.82) is 0 Å². The number of nitrogens with two attached hydrogens (primary N) is 1. The molecule has 2 aromatic rings. The molecule has 1 atom stereocenters. The van der Waals surface area contributed by atoms with Gasteiger partial charge in [-0.3, -0.25) is 9.89 Å². The standard InChI is InChI=1S/C14H20N4O2/c1-9(2)6-10(8-15)16-14(19)12-7-11(17-18-12)13-4-3-5-20-13/h3-5,7,9-10H,6,8,15H2,1-2H3,(H,16,19)(H,17,18). The van der Waals surface area contributed by atoms with Gasteiger partial charge in [0.2, 0.25) is 0 Å². The van der Waals surface area contributed by atoms with Crippen molar-refractivity contribution in [3.8, 4) is 11.5 Å². The highest BCUT2D eigenvalue weighted by atomic mass is 16.3. The average Bonchev–Trinajstić information content (AvgIpc) is 3.07. The Labute approximate surface area is 117 Å². The van der Waals surface area contributed by atoms with Gasteiger partial charge in [0.15, 0.2) is 11.5 Å². The van der Waals surface area contributed by atoms with Crippen LogP contribution in [0.1, 0.15) is 30.8 Å². The molecule has 0 bridgehead atoms. The molecule has 4 N–H and O–H groups in total. The topological polar surface area (TPSA) is 96.9 Å². The number of aromatic amines is 1. The Morgan fingerprint density at radius 3 is 2.95 bits per heavy atom. The molecule has 2 heterocycles. The van der Waals surface area contributed by atoms with Gasteiger partial charge in [-0.25, -0.2) is 0 Å². The summed E-state index contributed by atoms with van der Waals surface area (Å²) in [6, 6.07) is 5.21.